The number of amides is 1. The number of para-hydroxylation sites is 1. The molecule has 3 fully saturated rings. The number of aromatic nitrogens is 2. The number of methoxy groups -OCH3 is 1. The lowest BCUT2D eigenvalue weighted by Gasteiger charge is -2.36. The summed E-state index contributed by atoms with van der Waals surface area (Å²) in [6.45, 7) is 1.68. The molecule has 6 heteroatoms. The van der Waals surface area contributed by atoms with Crippen LogP contribution in [0.3, 0.4) is 0 Å². The highest BCUT2D eigenvalue weighted by Gasteiger charge is 2.33. The maximum atomic E-state index is 13.0. The van der Waals surface area contributed by atoms with E-state index in [-0.39, 0.29) is 5.92 Å². The third-order valence-electron chi connectivity index (χ3n) is 6.97. The van der Waals surface area contributed by atoms with E-state index in [0.717, 1.165) is 75.7 Å². The Balaban J connectivity index is 1.22. The SMILES string of the molecule is COC1CCC(C(=O)N2CCC(c3[nH]nc4c(OC5CC5)cccc34)CC2)CC1. The number of likely N-dealkylation sites (tertiary alicyclic amines) is 1. The summed E-state index contributed by atoms with van der Waals surface area (Å²) in [6, 6.07) is 6.22. The Morgan fingerprint density at radius 3 is 2.45 bits per heavy atom. The number of fused-ring (bicyclic) bond motifs is 1. The second-order valence-electron chi connectivity index (χ2n) is 8.92. The number of rotatable bonds is 5. The molecule has 3 aliphatic rings. The van der Waals surface area contributed by atoms with Crippen molar-refractivity contribution in [3.63, 3.8) is 0 Å². The number of ether oxygens (including phenoxy) is 2. The van der Waals surface area contributed by atoms with Gasteiger partial charge in [-0.15, -0.1) is 0 Å². The molecular formula is C23H31N3O3. The fourth-order valence-electron chi connectivity index (χ4n) is 5.00. The quantitative estimate of drug-likeness (QED) is 0.828. The smallest absolute Gasteiger partial charge is 0.225 e. The first-order valence-corrected chi connectivity index (χ1v) is 11.2. The standard InChI is InChI=1S/C23H31N3O3/c1-28-17-7-5-16(6-8-17)23(27)26-13-11-15(12-14-26)21-19-3-2-4-20(22(19)25-24-21)29-18-9-10-18/h2-4,15-18H,5-14H2,1H3,(H,24,25). The van der Waals surface area contributed by atoms with Gasteiger partial charge in [0.2, 0.25) is 5.91 Å². The number of nitrogens with zero attached hydrogens (tertiary/aromatic N) is 2. The van der Waals surface area contributed by atoms with Gasteiger partial charge in [-0.1, -0.05) is 12.1 Å². The fourth-order valence-corrected chi connectivity index (χ4v) is 5.00. The van der Waals surface area contributed by atoms with Crippen molar-refractivity contribution in [3.05, 3.63) is 23.9 Å². The predicted molar refractivity (Wildman–Crippen MR) is 111 cm³/mol. The van der Waals surface area contributed by atoms with Crippen molar-refractivity contribution in [1.29, 1.82) is 0 Å². The van der Waals surface area contributed by atoms with Gasteiger partial charge in [0, 0.05) is 43.1 Å². The summed E-state index contributed by atoms with van der Waals surface area (Å²) >= 11 is 0. The van der Waals surface area contributed by atoms with Crippen molar-refractivity contribution in [1.82, 2.24) is 15.1 Å². The molecule has 0 unspecified atom stereocenters. The third-order valence-corrected chi connectivity index (χ3v) is 6.97. The molecule has 2 aliphatic carbocycles. The first-order valence-electron chi connectivity index (χ1n) is 11.2. The van der Waals surface area contributed by atoms with Gasteiger partial charge >= 0.3 is 0 Å². The number of carbonyl (C=O) groups excluding carboxylic acids is 1. The molecule has 1 N–H and O–H groups in total. The molecule has 0 radical (unpaired) electrons. The Bertz CT molecular complexity index is 859. The number of carbonyl (C=O) groups is 1. The Morgan fingerprint density at radius 1 is 1.03 bits per heavy atom. The van der Waals surface area contributed by atoms with E-state index in [1.165, 1.54) is 11.1 Å². The minimum Gasteiger partial charge on any atom is -0.488 e. The zero-order chi connectivity index (χ0) is 19.8. The predicted octanol–water partition coefficient (Wildman–Crippen LogP) is 4.02. The molecule has 5 rings (SSSR count). The van der Waals surface area contributed by atoms with Crippen molar-refractivity contribution in [2.24, 2.45) is 5.92 Å². The van der Waals surface area contributed by atoms with Gasteiger partial charge in [-0.3, -0.25) is 9.89 Å². The lowest BCUT2D eigenvalue weighted by Crippen LogP contribution is -2.42. The van der Waals surface area contributed by atoms with Crippen LogP contribution in [0.1, 0.15) is 63.0 Å². The molecule has 2 saturated carbocycles. The summed E-state index contributed by atoms with van der Waals surface area (Å²) in [4.78, 5) is 15.0. The Labute approximate surface area is 171 Å². The van der Waals surface area contributed by atoms with Gasteiger partial charge in [-0.05, 0) is 57.4 Å². The Morgan fingerprint density at radius 2 is 1.76 bits per heavy atom. The minimum absolute atomic E-state index is 0.188. The normalized spacial score (nSPS) is 26.0. The molecule has 1 aromatic carbocycles. The molecule has 0 bridgehead atoms. The number of hydrogen-bond acceptors (Lipinski definition) is 4. The van der Waals surface area contributed by atoms with Crippen LogP contribution >= 0.6 is 0 Å². The van der Waals surface area contributed by atoms with E-state index < -0.39 is 0 Å². The van der Waals surface area contributed by atoms with Crippen LogP contribution in [0.15, 0.2) is 18.2 Å². The zero-order valence-corrected chi connectivity index (χ0v) is 17.2. The van der Waals surface area contributed by atoms with Gasteiger partial charge in [0.15, 0.2) is 0 Å². The molecule has 0 spiro atoms. The topological polar surface area (TPSA) is 67.5 Å². The number of hydrogen-bond donors (Lipinski definition) is 1. The average Bonchev–Trinajstić information content (AvgIpc) is 3.48. The van der Waals surface area contributed by atoms with E-state index in [1.807, 2.05) is 6.07 Å². The van der Waals surface area contributed by atoms with E-state index >= 15 is 0 Å². The summed E-state index contributed by atoms with van der Waals surface area (Å²) < 4.78 is 11.5. The van der Waals surface area contributed by atoms with Crippen LogP contribution < -0.4 is 4.74 Å². The van der Waals surface area contributed by atoms with Crippen LogP contribution in [0, 0.1) is 5.92 Å². The lowest BCUT2D eigenvalue weighted by atomic mass is 9.85. The maximum Gasteiger partial charge on any atom is 0.225 e. The van der Waals surface area contributed by atoms with E-state index in [4.69, 9.17) is 9.47 Å². The molecule has 1 aliphatic heterocycles. The molecule has 0 atom stereocenters. The van der Waals surface area contributed by atoms with Crippen LogP contribution in [0.25, 0.3) is 10.9 Å². The molecule has 1 saturated heterocycles. The first kappa shape index (κ1) is 18.9. The number of nitrogens with one attached hydrogen (secondary N) is 1. The highest BCUT2D eigenvalue weighted by molar-refractivity contribution is 5.87. The minimum atomic E-state index is 0.188. The third kappa shape index (κ3) is 3.87. The molecule has 2 aromatic rings. The van der Waals surface area contributed by atoms with Gasteiger partial charge in [-0.25, -0.2) is 0 Å². The Kier molecular flexibility index (Phi) is 5.20. The zero-order valence-electron chi connectivity index (χ0n) is 17.2. The van der Waals surface area contributed by atoms with Gasteiger partial charge in [0.05, 0.1) is 12.2 Å². The largest absolute Gasteiger partial charge is 0.488 e. The maximum absolute atomic E-state index is 13.0. The highest BCUT2D eigenvalue weighted by Crippen LogP contribution is 2.37. The molecule has 1 amide bonds. The van der Waals surface area contributed by atoms with Gasteiger partial charge in [0.1, 0.15) is 11.3 Å². The summed E-state index contributed by atoms with van der Waals surface area (Å²) in [6.07, 6.45) is 8.93. The molecule has 1 aromatic heterocycles. The summed E-state index contributed by atoms with van der Waals surface area (Å²) in [7, 11) is 1.78. The molecule has 156 valence electrons. The van der Waals surface area contributed by atoms with Crippen LogP contribution in [0.4, 0.5) is 0 Å². The van der Waals surface area contributed by atoms with Crippen molar-refractivity contribution < 1.29 is 14.3 Å². The molecular weight excluding hydrogens is 366 g/mol. The van der Waals surface area contributed by atoms with E-state index in [0.29, 0.717) is 24.0 Å². The van der Waals surface area contributed by atoms with Crippen molar-refractivity contribution in [2.45, 2.75) is 69.5 Å². The van der Waals surface area contributed by atoms with E-state index in [2.05, 4.69) is 27.2 Å². The van der Waals surface area contributed by atoms with Gasteiger partial charge < -0.3 is 14.4 Å². The van der Waals surface area contributed by atoms with Crippen molar-refractivity contribution >= 4 is 16.8 Å². The second kappa shape index (κ2) is 7.98. The van der Waals surface area contributed by atoms with E-state index in [1.54, 1.807) is 7.11 Å². The molecule has 6 nitrogen and oxygen atoms in total. The number of aromatic amines is 1. The first-order chi connectivity index (χ1) is 14.2. The van der Waals surface area contributed by atoms with E-state index in [9.17, 15) is 4.79 Å². The second-order valence-corrected chi connectivity index (χ2v) is 8.92. The van der Waals surface area contributed by atoms with Gasteiger partial charge in [0.25, 0.3) is 0 Å². The van der Waals surface area contributed by atoms with Gasteiger partial charge in [-0.2, -0.15) is 5.10 Å². The summed E-state index contributed by atoms with van der Waals surface area (Å²) in [5.41, 5.74) is 2.15. The van der Waals surface area contributed by atoms with Crippen LogP contribution in [-0.2, 0) is 9.53 Å². The number of piperidine rings is 1. The van der Waals surface area contributed by atoms with Crippen LogP contribution in [0.5, 0.6) is 5.75 Å². The monoisotopic (exact) mass is 397 g/mol. The lowest BCUT2D eigenvalue weighted by molar-refractivity contribution is -0.138. The molecule has 29 heavy (non-hydrogen) atoms. The highest BCUT2D eigenvalue weighted by atomic mass is 16.5. The Hall–Kier alpha value is -2.08. The van der Waals surface area contributed by atoms with Crippen molar-refractivity contribution in [2.75, 3.05) is 20.2 Å². The van der Waals surface area contributed by atoms with Crippen LogP contribution in [-0.4, -0.2) is 53.4 Å². The summed E-state index contributed by atoms with van der Waals surface area (Å²) in [5, 5.41) is 9.04. The fraction of sp³-hybridized carbons (Fsp3) is 0.652. The van der Waals surface area contributed by atoms with Crippen molar-refractivity contribution in [3.8, 4) is 5.75 Å². The average molecular weight is 398 g/mol. The number of H-pyrrole nitrogens is 1. The van der Waals surface area contributed by atoms with Crippen LogP contribution in [0.2, 0.25) is 0 Å². The molecule has 2 heterocycles. The summed E-state index contributed by atoms with van der Waals surface area (Å²) in [5.74, 6) is 1.86. The number of benzene rings is 1.